The maximum Gasteiger partial charge on any atom is 0.327 e. The van der Waals surface area contributed by atoms with E-state index < -0.39 is 12.1 Å². The molecule has 14 heavy (non-hydrogen) atoms. The summed E-state index contributed by atoms with van der Waals surface area (Å²) in [5.41, 5.74) is 5.22. The first-order chi connectivity index (χ1) is 6.58. The zero-order valence-corrected chi connectivity index (χ0v) is 7.84. The van der Waals surface area contributed by atoms with Crippen LogP contribution in [0.15, 0.2) is 24.3 Å². The number of rotatable bonds is 1. The van der Waals surface area contributed by atoms with Crippen molar-refractivity contribution in [1.29, 1.82) is 0 Å². The van der Waals surface area contributed by atoms with Crippen LogP contribution in [0, 0.1) is 0 Å². The lowest BCUT2D eigenvalue weighted by Crippen LogP contribution is -2.38. The highest BCUT2D eigenvalue weighted by Crippen LogP contribution is 2.14. The van der Waals surface area contributed by atoms with Gasteiger partial charge < -0.3 is 11.1 Å². The van der Waals surface area contributed by atoms with Gasteiger partial charge in [-0.1, -0.05) is 17.7 Å². The first-order valence-corrected chi connectivity index (χ1v) is 4.09. The Morgan fingerprint density at radius 2 is 2.07 bits per heavy atom. The van der Waals surface area contributed by atoms with Gasteiger partial charge >= 0.3 is 12.1 Å². The predicted molar refractivity (Wildman–Crippen MR) is 53.2 cm³/mol. The molecule has 5 nitrogen and oxygen atoms in total. The molecular formula is C8H8ClN3O2. The van der Waals surface area contributed by atoms with Crippen molar-refractivity contribution >= 4 is 29.4 Å². The lowest BCUT2D eigenvalue weighted by atomic mass is 10.3. The molecule has 0 saturated carbocycles. The van der Waals surface area contributed by atoms with E-state index in [9.17, 15) is 9.59 Å². The molecule has 0 aliphatic carbocycles. The highest BCUT2D eigenvalue weighted by molar-refractivity contribution is 6.30. The molecule has 0 aliphatic heterocycles. The summed E-state index contributed by atoms with van der Waals surface area (Å²) >= 11 is 5.67. The normalized spacial score (nSPS) is 9.21. The van der Waals surface area contributed by atoms with Crippen LogP contribution in [0.1, 0.15) is 0 Å². The first kappa shape index (κ1) is 10.3. The minimum Gasteiger partial charge on any atom is -0.351 e. The minimum absolute atomic E-state index is 0.483. The van der Waals surface area contributed by atoms with Crippen molar-refractivity contribution in [2.75, 3.05) is 5.32 Å². The fourth-order valence-electron chi connectivity index (χ4n) is 0.840. The Bertz CT molecular complexity index is 367. The van der Waals surface area contributed by atoms with Crippen LogP contribution in [0.4, 0.5) is 15.3 Å². The van der Waals surface area contributed by atoms with Crippen LogP contribution < -0.4 is 16.4 Å². The van der Waals surface area contributed by atoms with Gasteiger partial charge in [0.25, 0.3) is 0 Å². The summed E-state index contributed by atoms with van der Waals surface area (Å²) in [5, 5.41) is 4.72. The zero-order chi connectivity index (χ0) is 10.6. The molecule has 0 heterocycles. The van der Waals surface area contributed by atoms with Crippen LogP contribution in [0.25, 0.3) is 0 Å². The van der Waals surface area contributed by atoms with Gasteiger partial charge in [-0.2, -0.15) is 0 Å². The Morgan fingerprint density at radius 3 is 2.64 bits per heavy atom. The van der Waals surface area contributed by atoms with E-state index in [4.69, 9.17) is 17.3 Å². The summed E-state index contributed by atoms with van der Waals surface area (Å²) in [6.07, 6.45) is 0. The van der Waals surface area contributed by atoms with Crippen LogP contribution >= 0.6 is 11.6 Å². The third kappa shape index (κ3) is 3.32. The second-order valence-electron chi connectivity index (χ2n) is 2.45. The van der Waals surface area contributed by atoms with Crippen molar-refractivity contribution in [2.45, 2.75) is 0 Å². The van der Waals surface area contributed by atoms with E-state index in [1.54, 1.807) is 24.3 Å². The van der Waals surface area contributed by atoms with E-state index in [1.807, 2.05) is 5.32 Å². The van der Waals surface area contributed by atoms with Gasteiger partial charge in [-0.15, -0.1) is 0 Å². The number of hydrogen-bond acceptors (Lipinski definition) is 2. The monoisotopic (exact) mass is 213 g/mol. The average molecular weight is 214 g/mol. The van der Waals surface area contributed by atoms with Gasteiger partial charge in [0.1, 0.15) is 0 Å². The van der Waals surface area contributed by atoms with Crippen molar-refractivity contribution in [1.82, 2.24) is 5.32 Å². The molecule has 0 atom stereocenters. The van der Waals surface area contributed by atoms with Gasteiger partial charge in [-0.25, -0.2) is 9.59 Å². The van der Waals surface area contributed by atoms with Crippen LogP contribution in [-0.4, -0.2) is 12.1 Å². The maximum absolute atomic E-state index is 11.0. The number of imide groups is 1. The largest absolute Gasteiger partial charge is 0.351 e. The fraction of sp³-hybridized carbons (Fsp3) is 0. The summed E-state index contributed by atoms with van der Waals surface area (Å²) in [4.78, 5) is 21.3. The van der Waals surface area contributed by atoms with E-state index >= 15 is 0 Å². The van der Waals surface area contributed by atoms with Crippen molar-refractivity contribution in [3.63, 3.8) is 0 Å². The van der Waals surface area contributed by atoms with Gasteiger partial charge in [-0.3, -0.25) is 5.32 Å². The summed E-state index contributed by atoms with van der Waals surface area (Å²) in [7, 11) is 0. The van der Waals surface area contributed by atoms with Crippen LogP contribution in [0.5, 0.6) is 0 Å². The first-order valence-electron chi connectivity index (χ1n) is 3.71. The van der Waals surface area contributed by atoms with E-state index in [0.717, 1.165) is 0 Å². The van der Waals surface area contributed by atoms with Gasteiger partial charge in [0.15, 0.2) is 0 Å². The number of amides is 4. The number of primary amides is 1. The molecule has 4 amide bonds. The number of carbonyl (C=O) groups is 2. The lowest BCUT2D eigenvalue weighted by Gasteiger charge is -2.04. The van der Waals surface area contributed by atoms with Gasteiger partial charge in [0, 0.05) is 10.7 Å². The summed E-state index contributed by atoms with van der Waals surface area (Å²) in [6.45, 7) is 0. The smallest absolute Gasteiger partial charge is 0.327 e. The molecule has 1 aromatic rings. The topological polar surface area (TPSA) is 84.2 Å². The van der Waals surface area contributed by atoms with Crippen molar-refractivity contribution in [3.8, 4) is 0 Å². The van der Waals surface area contributed by atoms with Crippen LogP contribution in [0.2, 0.25) is 5.02 Å². The molecule has 0 spiro atoms. The van der Waals surface area contributed by atoms with E-state index in [1.165, 1.54) is 0 Å². The second-order valence-corrected chi connectivity index (χ2v) is 2.89. The SMILES string of the molecule is NC(=O)NC(=O)Nc1cccc(Cl)c1. The molecule has 74 valence electrons. The molecule has 1 rings (SSSR count). The Kier molecular flexibility index (Phi) is 3.30. The number of nitrogens with one attached hydrogen (secondary N) is 2. The van der Waals surface area contributed by atoms with Crippen molar-refractivity contribution in [2.24, 2.45) is 5.73 Å². The number of nitrogens with two attached hydrogens (primary N) is 1. The standard InChI is InChI=1S/C8H8ClN3O2/c9-5-2-1-3-6(4-5)11-8(14)12-7(10)13/h1-4H,(H4,10,11,12,13,14). The minimum atomic E-state index is -0.912. The molecule has 0 bridgehead atoms. The number of halogens is 1. The molecule has 0 aromatic heterocycles. The molecule has 0 aliphatic rings. The number of anilines is 1. The van der Waals surface area contributed by atoms with E-state index in [0.29, 0.717) is 10.7 Å². The Balaban J connectivity index is 2.60. The zero-order valence-electron chi connectivity index (χ0n) is 7.08. The number of carbonyl (C=O) groups excluding carboxylic acids is 2. The third-order valence-corrected chi connectivity index (χ3v) is 1.55. The molecule has 0 saturated heterocycles. The second kappa shape index (κ2) is 4.48. The highest BCUT2D eigenvalue weighted by atomic mass is 35.5. The van der Waals surface area contributed by atoms with Crippen LogP contribution in [0.3, 0.4) is 0 Å². The van der Waals surface area contributed by atoms with Gasteiger partial charge in [0.05, 0.1) is 0 Å². The van der Waals surface area contributed by atoms with Crippen molar-refractivity contribution < 1.29 is 9.59 Å². The van der Waals surface area contributed by atoms with Crippen LogP contribution in [-0.2, 0) is 0 Å². The maximum atomic E-state index is 11.0. The molecular weight excluding hydrogens is 206 g/mol. The summed E-state index contributed by atoms with van der Waals surface area (Å²) in [6, 6.07) is 4.90. The molecule has 1 aromatic carbocycles. The predicted octanol–water partition coefficient (Wildman–Crippen LogP) is 1.54. The molecule has 0 fully saturated rings. The highest BCUT2D eigenvalue weighted by Gasteiger charge is 2.03. The van der Waals surface area contributed by atoms with E-state index in [2.05, 4.69) is 5.32 Å². The fourth-order valence-corrected chi connectivity index (χ4v) is 1.03. The molecule has 0 radical (unpaired) electrons. The van der Waals surface area contributed by atoms with Crippen molar-refractivity contribution in [3.05, 3.63) is 29.3 Å². The van der Waals surface area contributed by atoms with E-state index in [-0.39, 0.29) is 0 Å². The molecule has 0 unspecified atom stereocenters. The Hall–Kier alpha value is -1.75. The Labute approximate surface area is 85.2 Å². The molecule has 6 heteroatoms. The average Bonchev–Trinajstić information content (AvgIpc) is 2.01. The number of benzene rings is 1. The lowest BCUT2D eigenvalue weighted by molar-refractivity contribution is 0.238. The van der Waals surface area contributed by atoms with Gasteiger partial charge in [-0.05, 0) is 18.2 Å². The van der Waals surface area contributed by atoms with Gasteiger partial charge in [0.2, 0.25) is 0 Å². The molecule has 4 N–H and O–H groups in total. The Morgan fingerprint density at radius 1 is 1.36 bits per heavy atom. The number of urea groups is 2. The number of hydrogen-bond donors (Lipinski definition) is 3. The summed E-state index contributed by atoms with van der Waals surface area (Å²) in [5.74, 6) is 0. The third-order valence-electron chi connectivity index (χ3n) is 1.32. The summed E-state index contributed by atoms with van der Waals surface area (Å²) < 4.78 is 0. The quantitative estimate of drug-likeness (QED) is 0.661.